The van der Waals surface area contributed by atoms with Crippen LogP contribution in [0.5, 0.6) is 0 Å². The first kappa shape index (κ1) is 11.7. The van der Waals surface area contributed by atoms with Crippen molar-refractivity contribution >= 4 is 29.2 Å². The lowest BCUT2D eigenvalue weighted by atomic mass is 10.3. The fourth-order valence-corrected chi connectivity index (χ4v) is 1.94. The summed E-state index contributed by atoms with van der Waals surface area (Å²) < 4.78 is 0. The Morgan fingerprint density at radius 1 is 1.24 bits per heavy atom. The Morgan fingerprint density at radius 3 is 2.82 bits per heavy atom. The van der Waals surface area contributed by atoms with E-state index in [9.17, 15) is 0 Å². The van der Waals surface area contributed by atoms with Gasteiger partial charge in [0.1, 0.15) is 5.82 Å². The highest BCUT2D eigenvalue weighted by Crippen LogP contribution is 2.26. The van der Waals surface area contributed by atoms with Gasteiger partial charge in [0.05, 0.1) is 5.69 Å². The lowest BCUT2D eigenvalue weighted by Gasteiger charge is -2.09. The molecular weight excluding hydrogens is 234 g/mol. The molecule has 4 N–H and O–H groups in total. The Morgan fingerprint density at radius 2 is 2.06 bits per heavy atom. The molecule has 2 rings (SSSR count). The molecule has 2 aromatic rings. The summed E-state index contributed by atoms with van der Waals surface area (Å²) in [5, 5.41) is 3.23. The third kappa shape index (κ3) is 2.86. The van der Waals surface area contributed by atoms with Gasteiger partial charge in [0.25, 0.3) is 0 Å². The predicted octanol–water partition coefficient (Wildman–Crippen LogP) is 2.23. The second-order valence-corrected chi connectivity index (χ2v) is 4.08. The quantitative estimate of drug-likeness (QED) is 0.437. The van der Waals surface area contributed by atoms with E-state index in [0.717, 1.165) is 10.6 Å². The molecule has 1 heterocycles. The van der Waals surface area contributed by atoms with Crippen LogP contribution in [-0.2, 0) is 0 Å². The van der Waals surface area contributed by atoms with Gasteiger partial charge in [-0.15, -0.1) is 11.8 Å². The molecule has 88 valence electrons. The Balaban J connectivity index is 2.24. The van der Waals surface area contributed by atoms with Gasteiger partial charge in [0.15, 0.2) is 0 Å². The normalized spacial score (nSPS) is 10.0. The number of para-hydroxylation sites is 1. The van der Waals surface area contributed by atoms with Crippen molar-refractivity contribution in [1.82, 2.24) is 9.97 Å². The number of thioether (sulfide) groups is 1. The van der Waals surface area contributed by atoms with Gasteiger partial charge in [-0.05, 0) is 24.5 Å². The van der Waals surface area contributed by atoms with E-state index in [4.69, 9.17) is 5.84 Å². The monoisotopic (exact) mass is 247 g/mol. The number of aromatic nitrogens is 2. The summed E-state index contributed by atoms with van der Waals surface area (Å²) in [5.41, 5.74) is 3.43. The van der Waals surface area contributed by atoms with E-state index in [2.05, 4.69) is 26.8 Å². The minimum absolute atomic E-state index is 0.386. The van der Waals surface area contributed by atoms with Gasteiger partial charge >= 0.3 is 0 Å². The van der Waals surface area contributed by atoms with Crippen LogP contribution in [0.1, 0.15) is 0 Å². The van der Waals surface area contributed by atoms with Gasteiger partial charge < -0.3 is 5.32 Å². The largest absolute Gasteiger partial charge is 0.339 e. The van der Waals surface area contributed by atoms with Gasteiger partial charge in [0, 0.05) is 11.1 Å². The number of hydrogen-bond acceptors (Lipinski definition) is 6. The summed E-state index contributed by atoms with van der Waals surface area (Å²) in [7, 11) is 0. The SMILES string of the molecule is CSc1ccccc1Nc1ccnc(NN)n1. The Hall–Kier alpha value is -1.79. The average Bonchev–Trinajstić information content (AvgIpc) is 2.39. The van der Waals surface area contributed by atoms with Crippen LogP contribution in [0.4, 0.5) is 17.5 Å². The molecule has 5 nitrogen and oxygen atoms in total. The third-order valence-electron chi connectivity index (χ3n) is 2.15. The van der Waals surface area contributed by atoms with Crippen LogP contribution in [0.25, 0.3) is 0 Å². The van der Waals surface area contributed by atoms with Crippen molar-refractivity contribution in [2.24, 2.45) is 5.84 Å². The summed E-state index contributed by atoms with van der Waals surface area (Å²) in [6.45, 7) is 0. The van der Waals surface area contributed by atoms with Crippen LogP contribution in [0.3, 0.4) is 0 Å². The van der Waals surface area contributed by atoms with E-state index in [1.165, 1.54) is 0 Å². The molecule has 0 spiro atoms. The van der Waals surface area contributed by atoms with Gasteiger partial charge in [-0.25, -0.2) is 10.8 Å². The summed E-state index contributed by atoms with van der Waals surface area (Å²) in [6.07, 6.45) is 3.68. The molecule has 17 heavy (non-hydrogen) atoms. The Bertz CT molecular complexity index is 503. The molecule has 0 radical (unpaired) electrons. The highest BCUT2D eigenvalue weighted by molar-refractivity contribution is 7.98. The number of anilines is 3. The van der Waals surface area contributed by atoms with Crippen LogP contribution in [0.15, 0.2) is 41.4 Å². The standard InChI is InChI=1S/C11H13N5S/c1-17-9-5-3-2-4-8(9)14-10-6-7-13-11(15-10)16-12/h2-7H,12H2,1H3,(H2,13,14,15,16). The van der Waals surface area contributed by atoms with Crippen LogP contribution in [0.2, 0.25) is 0 Å². The lowest BCUT2D eigenvalue weighted by molar-refractivity contribution is 1.12. The number of nitrogens with two attached hydrogens (primary N) is 1. The third-order valence-corrected chi connectivity index (χ3v) is 2.95. The summed E-state index contributed by atoms with van der Waals surface area (Å²) in [4.78, 5) is 9.30. The van der Waals surface area contributed by atoms with E-state index in [1.807, 2.05) is 24.5 Å². The molecule has 0 saturated carbocycles. The molecule has 0 unspecified atom stereocenters. The second kappa shape index (κ2) is 5.51. The van der Waals surface area contributed by atoms with Gasteiger partial charge in [-0.1, -0.05) is 12.1 Å². The molecule has 0 atom stereocenters. The predicted molar refractivity (Wildman–Crippen MR) is 71.3 cm³/mol. The van der Waals surface area contributed by atoms with E-state index >= 15 is 0 Å². The number of hydrogen-bond donors (Lipinski definition) is 3. The summed E-state index contributed by atoms with van der Waals surface area (Å²) in [6, 6.07) is 9.83. The molecule has 0 saturated heterocycles. The number of benzene rings is 1. The minimum Gasteiger partial charge on any atom is -0.339 e. The van der Waals surface area contributed by atoms with Crippen molar-refractivity contribution < 1.29 is 0 Å². The maximum absolute atomic E-state index is 5.26. The number of hydrazine groups is 1. The van der Waals surface area contributed by atoms with Crippen LogP contribution in [0, 0.1) is 0 Å². The van der Waals surface area contributed by atoms with Gasteiger partial charge in [-0.2, -0.15) is 4.98 Å². The summed E-state index contributed by atoms with van der Waals surface area (Å²) in [5.74, 6) is 6.35. The number of nitrogen functional groups attached to an aromatic ring is 1. The molecule has 0 aliphatic heterocycles. The van der Waals surface area contributed by atoms with Gasteiger partial charge in [-0.3, -0.25) is 5.43 Å². The second-order valence-electron chi connectivity index (χ2n) is 3.24. The van der Waals surface area contributed by atoms with Crippen molar-refractivity contribution in [3.8, 4) is 0 Å². The molecule has 0 aliphatic carbocycles. The maximum atomic E-state index is 5.26. The number of nitrogens with zero attached hydrogens (tertiary/aromatic N) is 2. The summed E-state index contributed by atoms with van der Waals surface area (Å²) >= 11 is 1.68. The van der Waals surface area contributed by atoms with E-state index in [0.29, 0.717) is 11.8 Å². The van der Waals surface area contributed by atoms with Crippen molar-refractivity contribution in [3.63, 3.8) is 0 Å². The number of rotatable bonds is 4. The van der Waals surface area contributed by atoms with E-state index in [1.54, 1.807) is 24.0 Å². The van der Waals surface area contributed by atoms with Crippen molar-refractivity contribution in [2.45, 2.75) is 4.90 Å². The zero-order chi connectivity index (χ0) is 12.1. The van der Waals surface area contributed by atoms with Crippen LogP contribution < -0.4 is 16.6 Å². The Labute approximate surface area is 104 Å². The first-order valence-electron chi connectivity index (χ1n) is 5.03. The zero-order valence-electron chi connectivity index (χ0n) is 9.34. The molecule has 0 bridgehead atoms. The minimum atomic E-state index is 0.386. The van der Waals surface area contributed by atoms with Crippen LogP contribution >= 0.6 is 11.8 Å². The molecule has 6 heteroatoms. The Kier molecular flexibility index (Phi) is 3.79. The van der Waals surface area contributed by atoms with Gasteiger partial charge in [0.2, 0.25) is 5.95 Å². The van der Waals surface area contributed by atoms with E-state index in [-0.39, 0.29) is 0 Å². The molecule has 0 aliphatic rings. The van der Waals surface area contributed by atoms with Crippen molar-refractivity contribution in [2.75, 3.05) is 17.0 Å². The van der Waals surface area contributed by atoms with Crippen molar-refractivity contribution in [1.29, 1.82) is 0 Å². The molecule has 0 amide bonds. The first-order chi connectivity index (χ1) is 8.33. The highest BCUT2D eigenvalue weighted by atomic mass is 32.2. The fourth-order valence-electron chi connectivity index (χ4n) is 1.38. The lowest BCUT2D eigenvalue weighted by Crippen LogP contribution is -2.10. The fraction of sp³-hybridized carbons (Fsp3) is 0.0909. The van der Waals surface area contributed by atoms with Crippen LogP contribution in [-0.4, -0.2) is 16.2 Å². The zero-order valence-corrected chi connectivity index (χ0v) is 10.2. The first-order valence-corrected chi connectivity index (χ1v) is 6.25. The highest BCUT2D eigenvalue weighted by Gasteiger charge is 2.02. The maximum Gasteiger partial charge on any atom is 0.239 e. The average molecular weight is 247 g/mol. The van der Waals surface area contributed by atoms with E-state index < -0.39 is 0 Å². The molecule has 0 fully saturated rings. The molecule has 1 aromatic carbocycles. The molecular formula is C11H13N5S. The van der Waals surface area contributed by atoms with Crippen molar-refractivity contribution in [3.05, 3.63) is 36.5 Å². The topological polar surface area (TPSA) is 75.9 Å². The molecule has 1 aromatic heterocycles. The smallest absolute Gasteiger partial charge is 0.239 e. The number of nitrogens with one attached hydrogen (secondary N) is 2.